The van der Waals surface area contributed by atoms with E-state index in [1.165, 1.54) is 12.1 Å². The summed E-state index contributed by atoms with van der Waals surface area (Å²) in [6, 6.07) is 10.8. The molecule has 0 spiro atoms. The first kappa shape index (κ1) is 15.6. The Labute approximate surface area is 133 Å². The van der Waals surface area contributed by atoms with Crippen molar-refractivity contribution in [3.05, 3.63) is 65.5 Å². The maximum atomic E-state index is 13.9. The Morgan fingerprint density at radius 3 is 2.35 bits per heavy atom. The second kappa shape index (κ2) is 5.75. The lowest BCUT2D eigenvalue weighted by atomic mass is 9.96. The highest BCUT2D eigenvalue weighted by atomic mass is 32.2. The van der Waals surface area contributed by atoms with Crippen LogP contribution < -0.4 is 0 Å². The van der Waals surface area contributed by atoms with Crippen LogP contribution in [0.15, 0.2) is 53.4 Å². The van der Waals surface area contributed by atoms with E-state index in [0.717, 1.165) is 27.6 Å². The van der Waals surface area contributed by atoms with E-state index >= 15 is 0 Å². The van der Waals surface area contributed by atoms with E-state index in [4.69, 9.17) is 0 Å². The molecular formula is C16H14FNO4S. The summed E-state index contributed by atoms with van der Waals surface area (Å²) >= 11 is 0. The molecule has 0 aliphatic carbocycles. The molecule has 7 heteroatoms. The van der Waals surface area contributed by atoms with E-state index in [9.17, 15) is 22.7 Å². The van der Waals surface area contributed by atoms with Crippen molar-refractivity contribution in [2.24, 2.45) is 0 Å². The predicted octanol–water partition coefficient (Wildman–Crippen LogP) is 2.03. The number of hydrogen-bond donors (Lipinski definition) is 1. The molecular weight excluding hydrogens is 321 g/mol. The third-order valence-electron chi connectivity index (χ3n) is 3.91. The molecule has 0 bridgehead atoms. The van der Waals surface area contributed by atoms with Crippen LogP contribution in [-0.4, -0.2) is 29.8 Å². The van der Waals surface area contributed by atoms with E-state index < -0.39 is 32.7 Å². The lowest BCUT2D eigenvalue weighted by molar-refractivity contribution is -0.141. The molecule has 2 aromatic rings. The van der Waals surface area contributed by atoms with Gasteiger partial charge < -0.3 is 5.11 Å². The molecule has 1 N–H and O–H groups in total. The topological polar surface area (TPSA) is 74.7 Å². The van der Waals surface area contributed by atoms with Crippen molar-refractivity contribution in [2.45, 2.75) is 23.9 Å². The molecule has 1 heterocycles. The average Bonchev–Trinajstić information content (AvgIpc) is 2.53. The number of sulfonamides is 1. The van der Waals surface area contributed by atoms with Gasteiger partial charge in [0.2, 0.25) is 10.0 Å². The smallest absolute Gasteiger partial charge is 0.322 e. The number of benzene rings is 2. The predicted molar refractivity (Wildman–Crippen MR) is 80.7 cm³/mol. The quantitative estimate of drug-likeness (QED) is 0.931. The molecule has 1 aliphatic rings. The number of halogens is 1. The molecule has 5 nitrogen and oxygen atoms in total. The first-order valence-corrected chi connectivity index (χ1v) is 8.41. The molecule has 0 fully saturated rings. The highest BCUT2D eigenvalue weighted by Gasteiger charge is 2.40. The molecule has 0 saturated carbocycles. The van der Waals surface area contributed by atoms with Crippen LogP contribution in [0.1, 0.15) is 11.1 Å². The van der Waals surface area contributed by atoms with Crippen LogP contribution in [0.3, 0.4) is 0 Å². The second-order valence-electron chi connectivity index (χ2n) is 5.31. The summed E-state index contributed by atoms with van der Waals surface area (Å²) in [5.74, 6) is -2.14. The molecule has 0 amide bonds. The Balaban J connectivity index is 2.10. The second-order valence-corrected chi connectivity index (χ2v) is 7.17. The molecule has 0 radical (unpaired) electrons. The van der Waals surface area contributed by atoms with Crippen molar-refractivity contribution in [1.29, 1.82) is 0 Å². The van der Waals surface area contributed by atoms with Crippen LogP contribution >= 0.6 is 0 Å². The summed E-state index contributed by atoms with van der Waals surface area (Å²) in [5.41, 5.74) is 1.52. The molecule has 0 unspecified atom stereocenters. The highest BCUT2D eigenvalue weighted by Crippen LogP contribution is 2.30. The maximum Gasteiger partial charge on any atom is 0.322 e. The zero-order chi connectivity index (χ0) is 16.6. The van der Waals surface area contributed by atoms with Gasteiger partial charge in [-0.05, 0) is 23.3 Å². The standard InChI is InChI=1S/C16H14FNO4S/c17-13-7-3-4-8-15(13)23(21,22)18-10-12-6-2-1-5-11(12)9-14(18)16(19)20/h1-8,14H,9-10H2,(H,19,20)/t14-/m1/s1. The number of fused-ring (bicyclic) bond motifs is 1. The van der Waals surface area contributed by atoms with E-state index in [1.807, 2.05) is 0 Å². The largest absolute Gasteiger partial charge is 0.480 e. The first-order valence-electron chi connectivity index (χ1n) is 6.97. The van der Waals surface area contributed by atoms with Crippen molar-refractivity contribution >= 4 is 16.0 Å². The monoisotopic (exact) mass is 335 g/mol. The van der Waals surface area contributed by atoms with Gasteiger partial charge in [0.05, 0.1) is 0 Å². The first-order chi connectivity index (χ1) is 10.9. The summed E-state index contributed by atoms with van der Waals surface area (Å²) in [6.45, 7) is -0.0934. The van der Waals surface area contributed by atoms with Gasteiger partial charge in [-0.15, -0.1) is 0 Å². The third kappa shape index (κ3) is 2.73. The van der Waals surface area contributed by atoms with Crippen molar-refractivity contribution < 1.29 is 22.7 Å². The molecule has 3 rings (SSSR count). The Kier molecular flexibility index (Phi) is 3.91. The fourth-order valence-electron chi connectivity index (χ4n) is 2.74. The zero-order valence-corrected chi connectivity index (χ0v) is 12.8. The van der Waals surface area contributed by atoms with Crippen LogP contribution in [0.4, 0.5) is 4.39 Å². The highest BCUT2D eigenvalue weighted by molar-refractivity contribution is 7.89. The Bertz CT molecular complexity index is 866. The molecule has 0 aromatic heterocycles. The summed E-state index contributed by atoms with van der Waals surface area (Å²) in [5, 5.41) is 9.41. The molecule has 1 atom stereocenters. The average molecular weight is 335 g/mol. The number of hydrogen-bond acceptors (Lipinski definition) is 3. The fraction of sp³-hybridized carbons (Fsp3) is 0.188. The van der Waals surface area contributed by atoms with Gasteiger partial charge in [-0.2, -0.15) is 4.31 Å². The Hall–Kier alpha value is -2.25. The minimum Gasteiger partial charge on any atom is -0.480 e. The minimum atomic E-state index is -4.25. The number of carboxylic acid groups (broad SMARTS) is 1. The van der Waals surface area contributed by atoms with Gasteiger partial charge in [0.1, 0.15) is 16.8 Å². The van der Waals surface area contributed by atoms with Crippen molar-refractivity contribution in [2.75, 3.05) is 0 Å². The van der Waals surface area contributed by atoms with Crippen molar-refractivity contribution in [3.63, 3.8) is 0 Å². The van der Waals surface area contributed by atoms with Crippen LogP contribution in [0, 0.1) is 5.82 Å². The number of carboxylic acids is 1. The lowest BCUT2D eigenvalue weighted by Gasteiger charge is -2.33. The van der Waals surface area contributed by atoms with Crippen molar-refractivity contribution in [3.8, 4) is 0 Å². The molecule has 120 valence electrons. The van der Waals surface area contributed by atoms with Gasteiger partial charge in [-0.1, -0.05) is 36.4 Å². The number of aliphatic carboxylic acids is 1. The lowest BCUT2D eigenvalue weighted by Crippen LogP contribution is -2.48. The van der Waals surface area contributed by atoms with Crippen LogP contribution in [-0.2, 0) is 27.8 Å². The normalized spacial score (nSPS) is 18.4. The SMILES string of the molecule is O=C(O)[C@H]1Cc2ccccc2CN1S(=O)(=O)c1ccccc1F. The van der Waals surface area contributed by atoms with Crippen LogP contribution in [0.5, 0.6) is 0 Å². The summed E-state index contributed by atoms with van der Waals surface area (Å²) < 4.78 is 40.3. The summed E-state index contributed by atoms with van der Waals surface area (Å²) in [7, 11) is -4.25. The van der Waals surface area contributed by atoms with E-state index in [2.05, 4.69) is 0 Å². The molecule has 23 heavy (non-hydrogen) atoms. The fourth-order valence-corrected chi connectivity index (χ4v) is 4.37. The molecule has 2 aromatic carbocycles. The zero-order valence-electron chi connectivity index (χ0n) is 12.0. The maximum absolute atomic E-state index is 13.9. The molecule has 1 aliphatic heterocycles. The third-order valence-corrected chi connectivity index (χ3v) is 5.80. The van der Waals surface area contributed by atoms with E-state index in [0.29, 0.717) is 0 Å². The Morgan fingerprint density at radius 2 is 1.70 bits per heavy atom. The summed E-state index contributed by atoms with van der Waals surface area (Å²) in [4.78, 5) is 11.0. The number of carbonyl (C=O) groups is 1. The Morgan fingerprint density at radius 1 is 1.09 bits per heavy atom. The van der Waals surface area contributed by atoms with E-state index in [1.54, 1.807) is 24.3 Å². The number of rotatable bonds is 3. The van der Waals surface area contributed by atoms with Gasteiger partial charge in [0, 0.05) is 13.0 Å². The summed E-state index contributed by atoms with van der Waals surface area (Å²) in [6.07, 6.45) is 0.0548. The number of nitrogens with zero attached hydrogens (tertiary/aromatic N) is 1. The van der Waals surface area contributed by atoms with Gasteiger partial charge >= 0.3 is 5.97 Å². The van der Waals surface area contributed by atoms with Gasteiger partial charge in [0.25, 0.3) is 0 Å². The van der Waals surface area contributed by atoms with Gasteiger partial charge in [-0.3, -0.25) is 4.79 Å². The van der Waals surface area contributed by atoms with Gasteiger partial charge in [0.15, 0.2) is 0 Å². The van der Waals surface area contributed by atoms with Gasteiger partial charge in [-0.25, -0.2) is 12.8 Å². The van der Waals surface area contributed by atoms with E-state index in [-0.39, 0.29) is 13.0 Å². The minimum absolute atomic E-state index is 0.0548. The van der Waals surface area contributed by atoms with Crippen LogP contribution in [0.25, 0.3) is 0 Å². The van der Waals surface area contributed by atoms with Crippen molar-refractivity contribution in [1.82, 2.24) is 4.31 Å². The molecule has 0 saturated heterocycles. The van der Waals surface area contributed by atoms with Crippen LogP contribution in [0.2, 0.25) is 0 Å².